The van der Waals surface area contributed by atoms with Crippen molar-refractivity contribution in [3.05, 3.63) is 6.40 Å². The summed E-state index contributed by atoms with van der Waals surface area (Å²) in [6, 6.07) is 0. The maximum Gasteiger partial charge on any atom is 0.0306 e. The topological polar surface area (TPSA) is 0 Å². The van der Waals surface area contributed by atoms with Crippen molar-refractivity contribution >= 4 is 0 Å². The minimum Gasteiger partial charge on any atom is -0.0530 e. The molecule has 1 saturated carbocycles. The minimum atomic E-state index is 0.954. The van der Waals surface area contributed by atoms with E-state index in [1.54, 1.807) is 0 Å². The van der Waals surface area contributed by atoms with Crippen LogP contribution in [0.4, 0.5) is 0 Å². The number of hydrogen-bond donors (Lipinski definition) is 0. The normalized spacial score (nSPS) is 30.8. The van der Waals surface area contributed by atoms with Gasteiger partial charge in [-0.05, 0) is 6.40 Å². The summed E-state index contributed by atoms with van der Waals surface area (Å²) >= 11 is 0. The van der Waals surface area contributed by atoms with Crippen molar-refractivity contribution in [2.45, 2.75) is 25.7 Å². The first kappa shape index (κ1) is 2.22. The minimum absolute atomic E-state index is 0.954. The summed E-state index contributed by atoms with van der Waals surface area (Å²) in [5, 5.41) is 0. The van der Waals surface area contributed by atoms with Crippen LogP contribution in [0.15, 0.2) is 0 Å². The van der Waals surface area contributed by atoms with Crippen LogP contribution in [0, 0.1) is 6.40 Å². The molecular formula is C5H9. The molecule has 0 aromatic carbocycles. The van der Waals surface area contributed by atoms with E-state index in [0.29, 0.717) is 0 Å². The molecule has 5 heavy (non-hydrogen) atoms. The van der Waals surface area contributed by atoms with Crippen molar-refractivity contribution in [2.24, 2.45) is 0 Å². The first-order valence-electron chi connectivity index (χ1n) is 2.71. The van der Waals surface area contributed by atoms with Gasteiger partial charge in [0.2, 0.25) is 0 Å². The summed E-state index contributed by atoms with van der Waals surface area (Å²) in [6.07, 6.45) is 5.62. The fraction of sp³-hybridized carbons (Fsp3) is 0.800. The summed E-state index contributed by atoms with van der Waals surface area (Å²) in [7, 11) is 0. The Morgan fingerprint density at radius 3 is 2.20 bits per heavy atom. The molecule has 1 radical (unpaired) electrons. The second-order valence-corrected chi connectivity index (χ2v) is 1.46. The van der Waals surface area contributed by atoms with Crippen LogP contribution in [0.3, 0.4) is 0 Å². The second-order valence-electron chi connectivity index (χ2n) is 1.46. The van der Waals surface area contributed by atoms with E-state index >= 15 is 0 Å². The molecule has 0 atom stereocenters. The van der Waals surface area contributed by atoms with E-state index in [0.717, 1.165) is 19.2 Å². The van der Waals surface area contributed by atoms with Gasteiger partial charge in [-0.3, -0.25) is 0 Å². The molecule has 1 aliphatic carbocycles. The molecule has 0 saturated heterocycles. The lowest BCUT2D eigenvalue weighted by Gasteiger charge is -1.67. The standard InChI is InChI=1S/C5H9/c1-2-4-5-3-1/h1H,2-5H2/i1D. The summed E-state index contributed by atoms with van der Waals surface area (Å²) in [4.78, 5) is 0. The van der Waals surface area contributed by atoms with Gasteiger partial charge in [0.05, 0.1) is 0 Å². The summed E-state index contributed by atoms with van der Waals surface area (Å²) in [5.41, 5.74) is 0. The molecule has 0 aromatic rings. The molecule has 0 N–H and O–H groups in total. The van der Waals surface area contributed by atoms with Crippen molar-refractivity contribution in [1.29, 1.82) is 0 Å². The first-order chi connectivity index (χ1) is 2.89. The molecule has 0 aromatic heterocycles. The van der Waals surface area contributed by atoms with Crippen LogP contribution < -0.4 is 0 Å². The predicted octanol–water partition coefficient (Wildman–Crippen LogP) is 1.76. The highest BCUT2D eigenvalue weighted by molar-refractivity contribution is 4.71. The lowest BCUT2D eigenvalue weighted by atomic mass is 10.4. The predicted molar refractivity (Wildman–Crippen MR) is 22.8 cm³/mol. The van der Waals surface area contributed by atoms with E-state index in [1.165, 1.54) is 12.8 Å². The van der Waals surface area contributed by atoms with Crippen LogP contribution in [0.5, 0.6) is 0 Å². The monoisotopic (exact) mass is 70.1 g/mol. The zero-order valence-corrected chi connectivity index (χ0v) is 3.33. The Balaban J connectivity index is 2.18. The third-order valence-electron chi connectivity index (χ3n) is 0.957. The van der Waals surface area contributed by atoms with E-state index in [2.05, 4.69) is 0 Å². The third-order valence-corrected chi connectivity index (χ3v) is 0.957. The van der Waals surface area contributed by atoms with Crippen LogP contribution in [-0.2, 0) is 0 Å². The molecule has 0 heteroatoms. The van der Waals surface area contributed by atoms with Gasteiger partial charge in [0, 0.05) is 1.37 Å². The largest absolute Gasteiger partial charge is 0.0530 e. The molecule has 1 fully saturated rings. The smallest absolute Gasteiger partial charge is 0.0306 e. The first-order valence-corrected chi connectivity index (χ1v) is 2.21. The maximum atomic E-state index is 7.05. The van der Waals surface area contributed by atoms with E-state index < -0.39 is 0 Å². The number of rotatable bonds is 0. The van der Waals surface area contributed by atoms with Crippen LogP contribution in [0.2, 0.25) is 0 Å². The average molecular weight is 70.1 g/mol. The van der Waals surface area contributed by atoms with E-state index in [-0.39, 0.29) is 0 Å². The molecule has 29 valence electrons. The lowest BCUT2D eigenvalue weighted by Crippen LogP contribution is -1.50. The molecule has 0 amide bonds. The third kappa shape index (κ3) is 0.640. The van der Waals surface area contributed by atoms with Crippen molar-refractivity contribution in [3.63, 3.8) is 0 Å². The van der Waals surface area contributed by atoms with Crippen LogP contribution in [0.25, 0.3) is 0 Å². The molecule has 0 aliphatic heterocycles. The Labute approximate surface area is 34.6 Å². The summed E-state index contributed by atoms with van der Waals surface area (Å²) < 4.78 is 7.05. The van der Waals surface area contributed by atoms with Crippen molar-refractivity contribution < 1.29 is 1.37 Å². The Hall–Kier alpha value is 0. The van der Waals surface area contributed by atoms with Gasteiger partial charge in [-0.2, -0.15) is 0 Å². The van der Waals surface area contributed by atoms with Crippen molar-refractivity contribution in [2.75, 3.05) is 0 Å². The highest BCUT2D eigenvalue weighted by Gasteiger charge is 1.95. The van der Waals surface area contributed by atoms with Gasteiger partial charge in [0.15, 0.2) is 0 Å². The van der Waals surface area contributed by atoms with E-state index in [1.807, 2.05) is 0 Å². The highest BCUT2D eigenvalue weighted by Crippen LogP contribution is 2.13. The lowest BCUT2D eigenvalue weighted by molar-refractivity contribution is 0.886. The van der Waals surface area contributed by atoms with Crippen LogP contribution in [0.1, 0.15) is 27.1 Å². The SMILES string of the molecule is [2H][C]1CCCC1. The Bertz CT molecular complexity index is 37.2. The zero-order valence-electron chi connectivity index (χ0n) is 4.33. The molecule has 0 spiro atoms. The van der Waals surface area contributed by atoms with Gasteiger partial charge in [0.1, 0.15) is 0 Å². The molecule has 0 bridgehead atoms. The summed E-state index contributed by atoms with van der Waals surface area (Å²) in [5.74, 6) is 0. The Kier molecular flexibility index (Phi) is 0.640. The molecule has 1 rings (SSSR count). The van der Waals surface area contributed by atoms with Gasteiger partial charge in [-0.25, -0.2) is 0 Å². The van der Waals surface area contributed by atoms with Crippen molar-refractivity contribution in [3.8, 4) is 0 Å². The van der Waals surface area contributed by atoms with E-state index in [9.17, 15) is 0 Å². The molecule has 0 heterocycles. The molecule has 0 unspecified atom stereocenters. The molecule has 1 aliphatic rings. The quantitative estimate of drug-likeness (QED) is 0.407. The second kappa shape index (κ2) is 1.44. The molecular weight excluding hydrogens is 60.1 g/mol. The van der Waals surface area contributed by atoms with Crippen LogP contribution >= 0.6 is 0 Å². The van der Waals surface area contributed by atoms with Crippen molar-refractivity contribution in [1.82, 2.24) is 0 Å². The fourth-order valence-corrected chi connectivity index (χ4v) is 0.625. The maximum absolute atomic E-state index is 7.05. The molecule has 0 nitrogen and oxygen atoms in total. The van der Waals surface area contributed by atoms with Gasteiger partial charge in [-0.15, -0.1) is 0 Å². The van der Waals surface area contributed by atoms with Gasteiger partial charge < -0.3 is 0 Å². The average Bonchev–Trinajstić information content (AvgIpc) is 1.86. The van der Waals surface area contributed by atoms with Gasteiger partial charge in [-0.1, -0.05) is 25.7 Å². The number of hydrogen-bond acceptors (Lipinski definition) is 0. The fourth-order valence-electron chi connectivity index (χ4n) is 0.625. The Morgan fingerprint density at radius 2 is 2.00 bits per heavy atom. The van der Waals surface area contributed by atoms with E-state index in [4.69, 9.17) is 1.37 Å². The highest BCUT2D eigenvalue weighted by atomic mass is 14.0. The van der Waals surface area contributed by atoms with Crippen LogP contribution in [-0.4, -0.2) is 0 Å². The summed E-state index contributed by atoms with van der Waals surface area (Å²) in [6.45, 7) is 0. The zero-order chi connectivity index (χ0) is 4.41. The van der Waals surface area contributed by atoms with Gasteiger partial charge in [0.25, 0.3) is 0 Å². The van der Waals surface area contributed by atoms with Gasteiger partial charge >= 0.3 is 0 Å². The Morgan fingerprint density at radius 1 is 1.40 bits per heavy atom.